The summed E-state index contributed by atoms with van der Waals surface area (Å²) in [6, 6.07) is 33.7. The molecule has 11 nitrogen and oxygen atoms in total. The van der Waals surface area contributed by atoms with E-state index in [0.29, 0.717) is 22.3 Å². The van der Waals surface area contributed by atoms with Crippen LogP contribution in [0.1, 0.15) is 71.0 Å². The maximum absolute atomic E-state index is 15.8. The van der Waals surface area contributed by atoms with Gasteiger partial charge in [-0.25, -0.2) is 9.69 Å². The Bertz CT molecular complexity index is 2400. The molecule has 286 valence electrons. The Balaban J connectivity index is 1.41. The van der Waals surface area contributed by atoms with Crippen molar-refractivity contribution >= 4 is 29.6 Å². The summed E-state index contributed by atoms with van der Waals surface area (Å²) in [5.74, 6) is 0.952. The largest absolute Gasteiger partial charge is 0.508 e. The van der Waals surface area contributed by atoms with Crippen molar-refractivity contribution < 1.29 is 39.2 Å². The fourth-order valence-corrected chi connectivity index (χ4v) is 8.92. The molecule has 3 heterocycles. The first-order valence-electron chi connectivity index (χ1n) is 18.7. The number of rotatable bonds is 7. The number of phenolic OH excluding ortho intramolecular Hbond substituents is 1. The van der Waals surface area contributed by atoms with Crippen LogP contribution in [-0.4, -0.2) is 56.7 Å². The first kappa shape index (κ1) is 37.2. The number of imide groups is 1. The van der Waals surface area contributed by atoms with E-state index in [1.165, 1.54) is 12.1 Å². The van der Waals surface area contributed by atoms with Gasteiger partial charge in [-0.15, -0.1) is 0 Å². The number of hydrogen-bond acceptors (Lipinski definition) is 8. The minimum atomic E-state index is -2.12. The number of benzene rings is 5. The van der Waals surface area contributed by atoms with Gasteiger partial charge in [-0.3, -0.25) is 19.3 Å². The van der Waals surface area contributed by atoms with Gasteiger partial charge in [0, 0.05) is 12.0 Å². The number of ether oxygens (including phenoxy) is 1. The third-order valence-corrected chi connectivity index (χ3v) is 11.2. The number of aromatic hydroxyl groups is 1. The fraction of sp³-hybridized carbons (Fsp3) is 0.217. The lowest BCUT2D eigenvalue weighted by Crippen LogP contribution is -2.54. The molecule has 11 heteroatoms. The topological polar surface area (TPSA) is 157 Å². The zero-order valence-electron chi connectivity index (χ0n) is 30.9. The minimum Gasteiger partial charge on any atom is -0.508 e. The maximum atomic E-state index is 15.8. The molecule has 2 saturated heterocycles. The summed E-state index contributed by atoms with van der Waals surface area (Å²) in [5, 5.41) is 34.3. The van der Waals surface area contributed by atoms with Crippen LogP contribution in [0.2, 0.25) is 0 Å². The SMILES string of the molecule is C[C@@H](NC(=O)N1C(=O)[C@@]2(c3cc(C#CCCO)ccc31)[C@H](c1ccc(O)cc1)N1[C@H](c3ccccc3)[C@H](c3ccccc3)OC(=O)[C@H]1[C@@H]2C(=O)O)c1ccccc1. The zero-order valence-corrected chi connectivity index (χ0v) is 30.9. The van der Waals surface area contributed by atoms with Crippen molar-refractivity contribution in [1.29, 1.82) is 0 Å². The summed E-state index contributed by atoms with van der Waals surface area (Å²) in [6.45, 7) is 1.60. The van der Waals surface area contributed by atoms with Crippen molar-refractivity contribution in [1.82, 2.24) is 10.2 Å². The Morgan fingerprint density at radius 1 is 0.825 bits per heavy atom. The van der Waals surface area contributed by atoms with E-state index in [9.17, 15) is 29.7 Å². The molecule has 1 spiro atoms. The van der Waals surface area contributed by atoms with Crippen LogP contribution >= 0.6 is 0 Å². The average Bonchev–Trinajstić information content (AvgIpc) is 3.68. The monoisotopic (exact) mass is 761 g/mol. The molecule has 0 aliphatic carbocycles. The maximum Gasteiger partial charge on any atom is 0.329 e. The third-order valence-electron chi connectivity index (χ3n) is 11.2. The van der Waals surface area contributed by atoms with Crippen LogP contribution in [0.25, 0.3) is 0 Å². The van der Waals surface area contributed by atoms with Gasteiger partial charge >= 0.3 is 18.0 Å². The van der Waals surface area contributed by atoms with E-state index in [0.717, 1.165) is 10.5 Å². The molecule has 3 amide bonds. The minimum absolute atomic E-state index is 0.0625. The van der Waals surface area contributed by atoms with Crippen LogP contribution in [0.5, 0.6) is 5.75 Å². The van der Waals surface area contributed by atoms with Crippen molar-refractivity contribution in [3.05, 3.63) is 167 Å². The number of carbonyl (C=O) groups is 4. The number of hydrogen-bond donors (Lipinski definition) is 4. The molecule has 0 radical (unpaired) electrons. The highest BCUT2D eigenvalue weighted by molar-refractivity contribution is 6.24. The molecule has 57 heavy (non-hydrogen) atoms. The summed E-state index contributed by atoms with van der Waals surface area (Å²) in [4.78, 5) is 61.9. The van der Waals surface area contributed by atoms with Crippen molar-refractivity contribution in [2.75, 3.05) is 11.5 Å². The van der Waals surface area contributed by atoms with Gasteiger partial charge in [-0.2, -0.15) is 0 Å². The highest BCUT2D eigenvalue weighted by atomic mass is 16.6. The number of carbonyl (C=O) groups excluding carboxylic acids is 3. The summed E-state index contributed by atoms with van der Waals surface area (Å²) < 4.78 is 6.29. The number of aliphatic carboxylic acids is 1. The number of nitrogens with zero attached hydrogens (tertiary/aromatic N) is 2. The van der Waals surface area contributed by atoms with Crippen LogP contribution in [0.3, 0.4) is 0 Å². The van der Waals surface area contributed by atoms with Gasteiger partial charge in [0.1, 0.15) is 29.2 Å². The Morgan fingerprint density at radius 3 is 2.09 bits per heavy atom. The molecule has 2 fully saturated rings. The number of carboxylic acids is 1. The van der Waals surface area contributed by atoms with E-state index in [1.807, 2.05) is 91.0 Å². The van der Waals surface area contributed by atoms with Crippen molar-refractivity contribution in [2.45, 2.75) is 49.0 Å². The molecule has 8 rings (SSSR count). The number of aliphatic hydroxyl groups excluding tert-OH is 1. The molecule has 7 atom stereocenters. The summed E-state index contributed by atoms with van der Waals surface area (Å²) in [7, 11) is 0. The summed E-state index contributed by atoms with van der Waals surface area (Å²) >= 11 is 0. The first-order chi connectivity index (χ1) is 27.7. The molecule has 3 aliphatic rings. The number of urea groups is 1. The number of anilines is 1. The molecule has 5 aromatic rings. The smallest absolute Gasteiger partial charge is 0.329 e. The highest BCUT2D eigenvalue weighted by Crippen LogP contribution is 2.66. The van der Waals surface area contributed by atoms with Gasteiger partial charge in [0.15, 0.2) is 0 Å². The number of morpholine rings is 1. The number of esters is 1. The number of nitrogens with one attached hydrogen (secondary N) is 1. The Hall–Kier alpha value is -6.74. The Morgan fingerprint density at radius 2 is 1.46 bits per heavy atom. The van der Waals surface area contributed by atoms with E-state index in [2.05, 4.69) is 17.2 Å². The van der Waals surface area contributed by atoms with E-state index in [4.69, 9.17) is 4.74 Å². The molecule has 4 N–H and O–H groups in total. The van der Waals surface area contributed by atoms with Gasteiger partial charge in [0.05, 0.1) is 30.4 Å². The van der Waals surface area contributed by atoms with Crippen molar-refractivity contribution in [3.8, 4) is 17.6 Å². The van der Waals surface area contributed by atoms with Crippen molar-refractivity contribution in [2.24, 2.45) is 5.92 Å². The van der Waals surface area contributed by atoms with Crippen molar-refractivity contribution in [3.63, 3.8) is 0 Å². The molecule has 5 aromatic carbocycles. The summed E-state index contributed by atoms with van der Waals surface area (Å²) in [5.41, 5.74) is 1.21. The molecular formula is C46H39N3O8. The lowest BCUT2D eigenvalue weighted by Gasteiger charge is -2.46. The lowest BCUT2D eigenvalue weighted by molar-refractivity contribution is -0.179. The van der Waals surface area contributed by atoms with Crippen LogP contribution in [0.4, 0.5) is 10.5 Å². The fourth-order valence-electron chi connectivity index (χ4n) is 8.92. The van der Waals surface area contributed by atoms with Crippen LogP contribution < -0.4 is 10.2 Å². The number of phenols is 1. The predicted octanol–water partition coefficient (Wildman–Crippen LogP) is 6.35. The molecule has 0 aromatic heterocycles. The standard InChI is InChI=1S/C46H39N3O8/c1-28(30-14-5-2-6-15-30)47-45(56)48-36-25-20-29(13-11-12-26-50)27-35(36)46(44(48)55)37(42(52)53)39-43(54)57-40(32-18-9-4-10-19-32)38(31-16-7-3-8-17-31)49(39)41(46)33-21-23-34(51)24-22-33/h2-10,14-25,27-28,37-41,50-51H,12,26H2,1H3,(H,47,56)(H,52,53)/t28-,37-,38-,39-,40+,41+,46-/m1/s1. The third kappa shape index (κ3) is 6.20. The van der Waals surface area contributed by atoms with E-state index in [-0.39, 0.29) is 30.0 Å². The van der Waals surface area contributed by atoms with Gasteiger partial charge in [0.2, 0.25) is 5.91 Å². The average molecular weight is 762 g/mol. The zero-order chi connectivity index (χ0) is 39.8. The second kappa shape index (κ2) is 15.1. The predicted molar refractivity (Wildman–Crippen MR) is 210 cm³/mol. The second-order valence-corrected chi connectivity index (χ2v) is 14.4. The van der Waals surface area contributed by atoms with E-state index >= 15 is 4.79 Å². The summed E-state index contributed by atoms with van der Waals surface area (Å²) in [6.07, 6.45) is -0.762. The quantitative estimate of drug-likeness (QED) is 0.110. The van der Waals surface area contributed by atoms with Crippen LogP contribution in [0.15, 0.2) is 133 Å². The van der Waals surface area contributed by atoms with Crippen LogP contribution in [0, 0.1) is 17.8 Å². The van der Waals surface area contributed by atoms with E-state index in [1.54, 1.807) is 42.2 Å². The molecule has 3 aliphatic heterocycles. The van der Waals surface area contributed by atoms with Gasteiger partial charge in [0.25, 0.3) is 0 Å². The highest BCUT2D eigenvalue weighted by Gasteiger charge is 2.76. The molecule has 0 unspecified atom stereocenters. The molecule has 0 saturated carbocycles. The Kier molecular flexibility index (Phi) is 9.83. The second-order valence-electron chi connectivity index (χ2n) is 14.4. The normalized spacial score (nSPS) is 24.2. The lowest BCUT2D eigenvalue weighted by atomic mass is 9.65. The van der Waals surface area contributed by atoms with E-state index < -0.39 is 65.5 Å². The number of aliphatic hydroxyl groups is 1. The number of cyclic esters (lactones) is 1. The Labute approximate surface area is 329 Å². The van der Waals surface area contributed by atoms with Crippen LogP contribution in [-0.2, 0) is 24.5 Å². The molecular weight excluding hydrogens is 723 g/mol. The number of amides is 3. The number of carboxylic acid groups (broad SMARTS) is 1. The van der Waals surface area contributed by atoms with Gasteiger partial charge < -0.3 is 25.4 Å². The first-order valence-corrected chi connectivity index (χ1v) is 18.7. The molecule has 0 bridgehead atoms. The number of fused-ring (bicyclic) bond motifs is 3. The van der Waals surface area contributed by atoms with Gasteiger partial charge in [-0.05, 0) is 65.1 Å². The van der Waals surface area contributed by atoms with Gasteiger partial charge in [-0.1, -0.05) is 115 Å².